The van der Waals surface area contributed by atoms with Crippen LogP contribution in [0, 0.1) is 5.82 Å². The van der Waals surface area contributed by atoms with E-state index in [1.165, 1.54) is 6.07 Å². The number of halogens is 1. The maximum atomic E-state index is 14.8. The van der Waals surface area contributed by atoms with Gasteiger partial charge in [0, 0.05) is 51.0 Å². The molecule has 3 heterocycles. The van der Waals surface area contributed by atoms with Crippen LogP contribution in [-0.2, 0) is 14.3 Å². The Kier molecular flexibility index (Phi) is 9.02. The highest BCUT2D eigenvalue weighted by molar-refractivity contribution is 5.89. The zero-order valence-corrected chi connectivity index (χ0v) is 22.6. The van der Waals surface area contributed by atoms with Gasteiger partial charge in [-0.15, -0.1) is 0 Å². The monoisotopic (exact) mass is 551 g/mol. The minimum atomic E-state index is -0.575. The summed E-state index contributed by atoms with van der Waals surface area (Å²) < 4.78 is 31.2. The van der Waals surface area contributed by atoms with Gasteiger partial charge < -0.3 is 24.2 Å². The second-order valence-corrected chi connectivity index (χ2v) is 10.0. The van der Waals surface area contributed by atoms with E-state index in [-0.39, 0.29) is 23.2 Å². The van der Waals surface area contributed by atoms with Crippen molar-refractivity contribution in [2.75, 3.05) is 45.9 Å². The van der Waals surface area contributed by atoms with Gasteiger partial charge in [0.15, 0.2) is 0 Å². The second-order valence-electron chi connectivity index (χ2n) is 10.0. The minimum Gasteiger partial charge on any atom is -0.493 e. The lowest BCUT2D eigenvalue weighted by atomic mass is 10.2. The summed E-state index contributed by atoms with van der Waals surface area (Å²) in [6, 6.07) is 13.4. The number of piperazine rings is 1. The third kappa shape index (κ3) is 6.83. The van der Waals surface area contributed by atoms with Crippen molar-refractivity contribution in [1.82, 2.24) is 25.3 Å². The van der Waals surface area contributed by atoms with Crippen molar-refractivity contribution in [3.63, 3.8) is 0 Å². The zero-order valence-electron chi connectivity index (χ0n) is 22.6. The fraction of sp³-hybridized carbons (Fsp3) is 0.448. The molecule has 10 nitrogen and oxygen atoms in total. The smallest absolute Gasteiger partial charge is 0.258 e. The Morgan fingerprint density at radius 2 is 1.95 bits per heavy atom. The van der Waals surface area contributed by atoms with E-state index in [9.17, 15) is 14.0 Å². The molecule has 3 aromatic rings. The van der Waals surface area contributed by atoms with Gasteiger partial charge in [0.05, 0.1) is 12.2 Å². The summed E-state index contributed by atoms with van der Waals surface area (Å²) in [7, 11) is 0. The molecule has 0 spiro atoms. The molecule has 2 fully saturated rings. The van der Waals surface area contributed by atoms with Gasteiger partial charge in [-0.3, -0.25) is 14.5 Å². The van der Waals surface area contributed by atoms with E-state index in [1.807, 2.05) is 30.3 Å². The number of ether oxygens (including phenoxy) is 2. The SMILES string of the molecule is C[C@@H](NC(=O)[C@H]1CCCO1)C(=O)N1CCN(CCCOc2ccc(-c3noc(-c4ccccc4)n3)c(F)c2)CC1. The Hall–Kier alpha value is -3.83. The van der Waals surface area contributed by atoms with Crippen molar-refractivity contribution in [3.8, 4) is 28.6 Å². The molecule has 212 valence electrons. The molecule has 0 saturated carbocycles. The molecule has 40 heavy (non-hydrogen) atoms. The summed E-state index contributed by atoms with van der Waals surface area (Å²) in [6.07, 6.45) is 1.89. The van der Waals surface area contributed by atoms with Gasteiger partial charge in [-0.25, -0.2) is 4.39 Å². The molecule has 0 radical (unpaired) electrons. The van der Waals surface area contributed by atoms with E-state index >= 15 is 0 Å². The summed E-state index contributed by atoms with van der Waals surface area (Å²) >= 11 is 0. The van der Waals surface area contributed by atoms with Crippen LogP contribution in [0.3, 0.4) is 0 Å². The average molecular weight is 552 g/mol. The van der Waals surface area contributed by atoms with Crippen LogP contribution in [0.15, 0.2) is 53.1 Å². The zero-order chi connectivity index (χ0) is 27.9. The molecule has 0 bridgehead atoms. The van der Waals surface area contributed by atoms with E-state index in [4.69, 9.17) is 14.0 Å². The second kappa shape index (κ2) is 13.0. The summed E-state index contributed by atoms with van der Waals surface area (Å²) in [4.78, 5) is 33.4. The molecule has 2 aliphatic rings. The van der Waals surface area contributed by atoms with Gasteiger partial charge in [-0.1, -0.05) is 23.4 Å². The van der Waals surface area contributed by atoms with Gasteiger partial charge >= 0.3 is 0 Å². The Bertz CT molecular complexity index is 1290. The first-order valence-electron chi connectivity index (χ1n) is 13.7. The van der Waals surface area contributed by atoms with E-state index in [0.29, 0.717) is 44.4 Å². The number of benzene rings is 2. The maximum Gasteiger partial charge on any atom is 0.258 e. The van der Waals surface area contributed by atoms with Crippen LogP contribution in [0.2, 0.25) is 0 Å². The first-order chi connectivity index (χ1) is 19.5. The van der Waals surface area contributed by atoms with E-state index in [1.54, 1.807) is 24.0 Å². The first-order valence-corrected chi connectivity index (χ1v) is 13.7. The van der Waals surface area contributed by atoms with Crippen molar-refractivity contribution in [3.05, 3.63) is 54.3 Å². The molecule has 2 amide bonds. The number of nitrogens with one attached hydrogen (secondary N) is 1. The van der Waals surface area contributed by atoms with Gasteiger partial charge in [0.25, 0.3) is 5.89 Å². The van der Waals surface area contributed by atoms with Crippen LogP contribution >= 0.6 is 0 Å². The minimum absolute atomic E-state index is 0.0723. The Balaban J connectivity index is 1.02. The van der Waals surface area contributed by atoms with Crippen molar-refractivity contribution in [1.29, 1.82) is 0 Å². The average Bonchev–Trinajstić information content (AvgIpc) is 3.69. The van der Waals surface area contributed by atoms with Crippen LogP contribution in [0.5, 0.6) is 5.75 Å². The van der Waals surface area contributed by atoms with E-state index in [2.05, 4.69) is 20.4 Å². The number of rotatable bonds is 10. The quantitative estimate of drug-likeness (QED) is 0.383. The molecule has 1 aromatic heterocycles. The number of hydrogen-bond donors (Lipinski definition) is 1. The molecule has 0 aliphatic carbocycles. The van der Waals surface area contributed by atoms with Crippen LogP contribution in [0.25, 0.3) is 22.8 Å². The van der Waals surface area contributed by atoms with E-state index in [0.717, 1.165) is 38.0 Å². The number of hydrogen-bond acceptors (Lipinski definition) is 8. The van der Waals surface area contributed by atoms with Crippen molar-refractivity contribution in [2.24, 2.45) is 0 Å². The lowest BCUT2D eigenvalue weighted by molar-refractivity contribution is -0.139. The standard InChI is InChI=1S/C29H34FN5O5/c1-20(31-27(36)25-9-5-17-39-25)29(37)35-15-13-34(14-16-35)12-6-18-38-22-10-11-23(24(30)19-22)26-32-28(40-33-26)21-7-3-2-4-8-21/h2-4,7-8,10-11,19-20,25H,5-6,9,12-18H2,1H3,(H,31,36)/t20-,25-/m1/s1. The normalized spacial score (nSPS) is 18.4. The summed E-state index contributed by atoms with van der Waals surface area (Å²) in [5, 5.41) is 6.70. The topological polar surface area (TPSA) is 110 Å². The predicted octanol–water partition coefficient (Wildman–Crippen LogP) is 3.14. The summed E-state index contributed by atoms with van der Waals surface area (Å²) in [6.45, 7) is 6.26. The summed E-state index contributed by atoms with van der Waals surface area (Å²) in [5.74, 6) is 0.175. The van der Waals surface area contributed by atoms with Crippen molar-refractivity contribution >= 4 is 11.8 Å². The summed E-state index contributed by atoms with van der Waals surface area (Å²) in [5.41, 5.74) is 1.01. The Morgan fingerprint density at radius 3 is 2.67 bits per heavy atom. The van der Waals surface area contributed by atoms with Crippen LogP contribution in [-0.4, -0.2) is 89.8 Å². The molecule has 0 unspecified atom stereocenters. The number of aromatic nitrogens is 2. The molecule has 11 heteroatoms. The van der Waals surface area contributed by atoms with Gasteiger partial charge in [-0.05, 0) is 50.5 Å². The van der Waals surface area contributed by atoms with Crippen LogP contribution in [0.4, 0.5) is 4.39 Å². The first kappa shape index (κ1) is 27.7. The van der Waals surface area contributed by atoms with Gasteiger partial charge in [0.2, 0.25) is 17.6 Å². The lowest BCUT2D eigenvalue weighted by Gasteiger charge is -2.36. The lowest BCUT2D eigenvalue weighted by Crippen LogP contribution is -2.55. The molecule has 1 N–H and O–H groups in total. The molecule has 5 rings (SSSR count). The van der Waals surface area contributed by atoms with Crippen LogP contribution < -0.4 is 10.1 Å². The highest BCUT2D eigenvalue weighted by Crippen LogP contribution is 2.27. The molecule has 2 aliphatic heterocycles. The molecular weight excluding hydrogens is 517 g/mol. The highest BCUT2D eigenvalue weighted by atomic mass is 19.1. The Labute approximate surface area is 232 Å². The Morgan fingerprint density at radius 1 is 1.15 bits per heavy atom. The largest absolute Gasteiger partial charge is 0.493 e. The number of carbonyl (C=O) groups excluding carboxylic acids is 2. The van der Waals surface area contributed by atoms with Crippen LogP contribution in [0.1, 0.15) is 26.2 Å². The number of carbonyl (C=O) groups is 2. The van der Waals surface area contributed by atoms with Crippen molar-refractivity contribution in [2.45, 2.75) is 38.3 Å². The number of amides is 2. The number of nitrogens with zero attached hydrogens (tertiary/aromatic N) is 4. The fourth-order valence-corrected chi connectivity index (χ4v) is 4.89. The third-order valence-corrected chi connectivity index (χ3v) is 7.15. The predicted molar refractivity (Wildman–Crippen MR) is 145 cm³/mol. The molecule has 2 aromatic carbocycles. The highest BCUT2D eigenvalue weighted by Gasteiger charge is 2.29. The van der Waals surface area contributed by atoms with E-state index < -0.39 is 18.0 Å². The molecule has 2 atom stereocenters. The maximum absolute atomic E-state index is 14.8. The third-order valence-electron chi connectivity index (χ3n) is 7.15. The van der Waals surface area contributed by atoms with Crippen molar-refractivity contribution < 1.29 is 28.0 Å². The van der Waals surface area contributed by atoms with Gasteiger partial charge in [0.1, 0.15) is 23.7 Å². The van der Waals surface area contributed by atoms with Gasteiger partial charge in [-0.2, -0.15) is 4.98 Å². The fourth-order valence-electron chi connectivity index (χ4n) is 4.89. The molecular formula is C29H34FN5O5. The molecule has 2 saturated heterocycles.